The molecule has 21 heavy (non-hydrogen) atoms. The Morgan fingerprint density at radius 2 is 2.05 bits per heavy atom. The minimum atomic E-state index is -4.10. The van der Waals surface area contributed by atoms with Crippen LogP contribution in [0.25, 0.3) is 0 Å². The van der Waals surface area contributed by atoms with E-state index >= 15 is 0 Å². The SMILES string of the molecule is CN(CC1CC(O)C1)S(=O)(=O)c1cc(F)ccc1C(=O)O. The summed E-state index contributed by atoms with van der Waals surface area (Å²) in [5.74, 6) is -2.21. The molecule has 0 bridgehead atoms. The molecule has 1 fully saturated rings. The molecular formula is C13H16FNO5S. The smallest absolute Gasteiger partial charge is 0.337 e. The molecule has 8 heteroatoms. The van der Waals surface area contributed by atoms with Gasteiger partial charge in [-0.1, -0.05) is 0 Å². The van der Waals surface area contributed by atoms with Gasteiger partial charge in [-0.15, -0.1) is 0 Å². The maximum absolute atomic E-state index is 13.3. The van der Waals surface area contributed by atoms with Gasteiger partial charge in [0.25, 0.3) is 0 Å². The van der Waals surface area contributed by atoms with Crippen LogP contribution in [-0.4, -0.2) is 48.6 Å². The highest BCUT2D eigenvalue weighted by atomic mass is 32.2. The monoisotopic (exact) mass is 317 g/mol. The number of benzene rings is 1. The van der Waals surface area contributed by atoms with Crippen LogP contribution in [-0.2, 0) is 10.0 Å². The number of carboxylic acids is 1. The van der Waals surface area contributed by atoms with Gasteiger partial charge in [-0.3, -0.25) is 0 Å². The summed E-state index contributed by atoms with van der Waals surface area (Å²) < 4.78 is 39.1. The lowest BCUT2D eigenvalue weighted by Crippen LogP contribution is -2.39. The van der Waals surface area contributed by atoms with Crippen LogP contribution in [0.5, 0.6) is 0 Å². The molecule has 2 N–H and O–H groups in total. The predicted molar refractivity (Wildman–Crippen MR) is 71.9 cm³/mol. The summed E-state index contributed by atoms with van der Waals surface area (Å²) in [6.45, 7) is 0.162. The van der Waals surface area contributed by atoms with E-state index in [9.17, 15) is 22.7 Å². The number of rotatable bonds is 5. The first-order valence-corrected chi connectivity index (χ1v) is 7.83. The molecule has 1 saturated carbocycles. The lowest BCUT2D eigenvalue weighted by Gasteiger charge is -2.34. The summed E-state index contributed by atoms with van der Waals surface area (Å²) in [7, 11) is -2.78. The zero-order valence-electron chi connectivity index (χ0n) is 11.4. The molecule has 0 spiro atoms. The lowest BCUT2D eigenvalue weighted by atomic mass is 9.82. The van der Waals surface area contributed by atoms with E-state index in [4.69, 9.17) is 5.11 Å². The van der Waals surface area contributed by atoms with E-state index in [1.165, 1.54) is 7.05 Å². The first-order valence-electron chi connectivity index (χ1n) is 6.39. The van der Waals surface area contributed by atoms with Crippen molar-refractivity contribution in [1.29, 1.82) is 0 Å². The molecule has 2 rings (SSSR count). The minimum Gasteiger partial charge on any atom is -0.478 e. The molecule has 6 nitrogen and oxygen atoms in total. The van der Waals surface area contributed by atoms with E-state index in [2.05, 4.69) is 0 Å². The third-order valence-corrected chi connectivity index (χ3v) is 5.45. The first-order chi connectivity index (χ1) is 9.71. The van der Waals surface area contributed by atoms with Crippen molar-refractivity contribution in [2.75, 3.05) is 13.6 Å². The van der Waals surface area contributed by atoms with Crippen LogP contribution in [0.3, 0.4) is 0 Å². The Bertz CT molecular complexity index is 655. The van der Waals surface area contributed by atoms with Gasteiger partial charge in [0, 0.05) is 13.6 Å². The van der Waals surface area contributed by atoms with Crippen LogP contribution < -0.4 is 0 Å². The van der Waals surface area contributed by atoms with Crippen LogP contribution >= 0.6 is 0 Å². The van der Waals surface area contributed by atoms with Crippen molar-refractivity contribution in [3.63, 3.8) is 0 Å². The summed E-state index contributed by atoms with van der Waals surface area (Å²) in [5, 5.41) is 18.2. The highest BCUT2D eigenvalue weighted by Gasteiger charge is 2.33. The number of aliphatic hydroxyl groups is 1. The standard InChI is InChI=1S/C13H16FNO5S/c1-15(7-8-4-10(16)5-8)21(19,20)12-6-9(14)2-3-11(12)13(17)18/h2-3,6,8,10,16H,4-5,7H2,1H3,(H,17,18). The van der Waals surface area contributed by atoms with Gasteiger partial charge in [-0.05, 0) is 37.0 Å². The van der Waals surface area contributed by atoms with Crippen LogP contribution in [0.4, 0.5) is 4.39 Å². The van der Waals surface area contributed by atoms with Crippen molar-refractivity contribution in [3.05, 3.63) is 29.6 Å². The molecule has 0 unspecified atom stereocenters. The molecule has 0 radical (unpaired) electrons. The van der Waals surface area contributed by atoms with Crippen LogP contribution in [0.15, 0.2) is 23.1 Å². The van der Waals surface area contributed by atoms with Crippen LogP contribution in [0.1, 0.15) is 23.2 Å². The zero-order chi connectivity index (χ0) is 15.8. The molecule has 1 aliphatic carbocycles. The van der Waals surface area contributed by atoms with Crippen molar-refractivity contribution in [1.82, 2.24) is 4.31 Å². The second kappa shape index (κ2) is 5.70. The molecule has 0 amide bonds. The van der Waals surface area contributed by atoms with E-state index in [0.717, 1.165) is 16.4 Å². The molecule has 0 aromatic heterocycles. The van der Waals surface area contributed by atoms with E-state index in [1.807, 2.05) is 0 Å². The lowest BCUT2D eigenvalue weighted by molar-refractivity contribution is 0.0367. The van der Waals surface area contributed by atoms with Gasteiger partial charge in [-0.25, -0.2) is 21.9 Å². The summed E-state index contributed by atoms with van der Waals surface area (Å²) >= 11 is 0. The Morgan fingerprint density at radius 3 is 2.57 bits per heavy atom. The fourth-order valence-electron chi connectivity index (χ4n) is 2.37. The average molecular weight is 317 g/mol. The first kappa shape index (κ1) is 15.9. The highest BCUT2D eigenvalue weighted by Crippen LogP contribution is 2.30. The van der Waals surface area contributed by atoms with Gasteiger partial charge in [0.15, 0.2) is 0 Å². The van der Waals surface area contributed by atoms with E-state index in [-0.39, 0.29) is 12.5 Å². The van der Waals surface area contributed by atoms with Crippen molar-refractivity contribution in [2.24, 2.45) is 5.92 Å². The summed E-state index contributed by atoms with van der Waals surface area (Å²) in [6.07, 6.45) is 0.610. The zero-order valence-corrected chi connectivity index (χ0v) is 12.2. The van der Waals surface area contributed by atoms with E-state index < -0.39 is 38.4 Å². The second-order valence-electron chi connectivity index (χ2n) is 5.22. The van der Waals surface area contributed by atoms with Crippen LogP contribution in [0.2, 0.25) is 0 Å². The Labute approximate surface area is 121 Å². The largest absolute Gasteiger partial charge is 0.478 e. The number of aromatic carboxylic acids is 1. The quantitative estimate of drug-likeness (QED) is 0.842. The normalized spacial score (nSPS) is 22.1. The van der Waals surface area contributed by atoms with Gasteiger partial charge in [0.2, 0.25) is 10.0 Å². The van der Waals surface area contributed by atoms with Gasteiger partial charge >= 0.3 is 5.97 Å². The molecule has 1 aromatic rings. The molecule has 116 valence electrons. The van der Waals surface area contributed by atoms with Gasteiger partial charge in [0.1, 0.15) is 5.82 Å². The Hall–Kier alpha value is -1.51. The van der Waals surface area contributed by atoms with Gasteiger partial charge in [0.05, 0.1) is 16.6 Å². The Kier molecular flexibility index (Phi) is 4.31. The summed E-state index contributed by atoms with van der Waals surface area (Å²) in [4.78, 5) is 10.5. The molecule has 1 aromatic carbocycles. The molecule has 0 atom stereocenters. The molecule has 0 aliphatic heterocycles. The van der Waals surface area contributed by atoms with Gasteiger partial charge in [-0.2, -0.15) is 0 Å². The number of aliphatic hydroxyl groups excluding tert-OH is 1. The Morgan fingerprint density at radius 1 is 1.43 bits per heavy atom. The molecule has 1 aliphatic rings. The van der Waals surface area contributed by atoms with Gasteiger partial charge < -0.3 is 10.2 Å². The third kappa shape index (κ3) is 3.22. The maximum atomic E-state index is 13.3. The number of hydrogen-bond acceptors (Lipinski definition) is 4. The number of hydrogen-bond donors (Lipinski definition) is 2. The topological polar surface area (TPSA) is 94.9 Å². The number of carbonyl (C=O) groups is 1. The summed E-state index contributed by atoms with van der Waals surface area (Å²) in [6, 6.07) is 2.56. The van der Waals surface area contributed by atoms with Crippen molar-refractivity contribution >= 4 is 16.0 Å². The maximum Gasteiger partial charge on any atom is 0.337 e. The second-order valence-corrected chi connectivity index (χ2v) is 7.24. The fourth-order valence-corrected chi connectivity index (χ4v) is 3.80. The van der Waals surface area contributed by atoms with Crippen molar-refractivity contribution < 1.29 is 27.8 Å². The molecule has 0 heterocycles. The number of sulfonamides is 1. The predicted octanol–water partition coefficient (Wildman–Crippen LogP) is 0.915. The van der Waals surface area contributed by atoms with Crippen molar-refractivity contribution in [2.45, 2.75) is 23.8 Å². The van der Waals surface area contributed by atoms with E-state index in [1.54, 1.807) is 0 Å². The average Bonchev–Trinajstić information content (AvgIpc) is 2.36. The van der Waals surface area contributed by atoms with Crippen LogP contribution in [0, 0.1) is 11.7 Å². The number of halogens is 1. The van der Waals surface area contributed by atoms with E-state index in [0.29, 0.717) is 18.9 Å². The third-order valence-electron chi connectivity index (χ3n) is 3.59. The molecule has 0 saturated heterocycles. The fraction of sp³-hybridized carbons (Fsp3) is 0.462. The summed E-state index contributed by atoms with van der Waals surface area (Å²) in [5.41, 5.74) is -0.461. The minimum absolute atomic E-state index is 0.0293. The number of carboxylic acid groups (broad SMARTS) is 1. The molecular weight excluding hydrogens is 301 g/mol. The number of nitrogens with zero attached hydrogens (tertiary/aromatic N) is 1. The Balaban J connectivity index is 2.30. The van der Waals surface area contributed by atoms with Crippen molar-refractivity contribution in [3.8, 4) is 0 Å². The highest BCUT2D eigenvalue weighted by molar-refractivity contribution is 7.89.